The molecule has 0 unspecified atom stereocenters. The quantitative estimate of drug-likeness (QED) is 0.873. The minimum Gasteiger partial charge on any atom is -0.357 e. The van der Waals surface area contributed by atoms with Crippen molar-refractivity contribution in [2.75, 3.05) is 22.7 Å². The molecule has 0 atom stereocenters. The number of aromatic nitrogens is 1. The molecule has 0 amide bonds. The van der Waals surface area contributed by atoms with E-state index >= 15 is 0 Å². The first-order valence-corrected chi connectivity index (χ1v) is 9.63. The van der Waals surface area contributed by atoms with Gasteiger partial charge in [0.15, 0.2) is 0 Å². The Morgan fingerprint density at radius 1 is 1.19 bits per heavy atom. The van der Waals surface area contributed by atoms with Gasteiger partial charge in [-0.3, -0.25) is 4.72 Å². The van der Waals surface area contributed by atoms with E-state index in [1.807, 2.05) is 6.07 Å². The summed E-state index contributed by atoms with van der Waals surface area (Å²) in [6.07, 6.45) is 3.93. The second-order valence-electron chi connectivity index (χ2n) is 4.76. The number of nitrogens with zero attached hydrogens (tertiary/aromatic N) is 2. The third-order valence-corrected chi connectivity index (χ3v) is 6.74. The van der Waals surface area contributed by atoms with Gasteiger partial charge in [-0.15, -0.1) is 11.3 Å². The molecule has 3 rings (SSSR count). The third-order valence-electron chi connectivity index (χ3n) is 3.24. The largest absolute Gasteiger partial charge is 0.357 e. The molecule has 1 aliphatic heterocycles. The highest BCUT2D eigenvalue weighted by Gasteiger charge is 2.17. The van der Waals surface area contributed by atoms with Crippen molar-refractivity contribution in [3.8, 4) is 0 Å². The van der Waals surface area contributed by atoms with Crippen molar-refractivity contribution in [3.63, 3.8) is 0 Å². The van der Waals surface area contributed by atoms with E-state index in [0.29, 0.717) is 5.69 Å². The van der Waals surface area contributed by atoms with Gasteiger partial charge in [-0.1, -0.05) is 0 Å². The number of hydrogen-bond donors (Lipinski definition) is 1. The molecule has 1 N–H and O–H groups in total. The highest BCUT2D eigenvalue weighted by molar-refractivity contribution is 9.11. The predicted molar refractivity (Wildman–Crippen MR) is 88.5 cm³/mol. The predicted octanol–water partition coefficient (Wildman–Crippen LogP) is 3.31. The Hall–Kier alpha value is -1.12. The Balaban J connectivity index is 1.75. The first-order chi connectivity index (χ1) is 10.0. The van der Waals surface area contributed by atoms with E-state index in [-0.39, 0.29) is 4.21 Å². The summed E-state index contributed by atoms with van der Waals surface area (Å²) in [6.45, 7) is 2.03. The van der Waals surface area contributed by atoms with E-state index in [1.54, 1.807) is 24.4 Å². The van der Waals surface area contributed by atoms with Gasteiger partial charge in [0.1, 0.15) is 10.0 Å². The van der Waals surface area contributed by atoms with Crippen LogP contribution in [0, 0.1) is 0 Å². The molecule has 0 radical (unpaired) electrons. The smallest absolute Gasteiger partial charge is 0.271 e. The monoisotopic (exact) mass is 387 g/mol. The van der Waals surface area contributed by atoms with Crippen molar-refractivity contribution in [3.05, 3.63) is 34.2 Å². The topological polar surface area (TPSA) is 62.3 Å². The van der Waals surface area contributed by atoms with Gasteiger partial charge in [-0.05, 0) is 53.0 Å². The van der Waals surface area contributed by atoms with Crippen LogP contribution in [0.15, 0.2) is 38.5 Å². The molecule has 8 heteroatoms. The molecule has 0 saturated carbocycles. The lowest BCUT2D eigenvalue weighted by molar-refractivity contribution is 0.603. The molecular weight excluding hydrogens is 374 g/mol. The molecule has 3 heterocycles. The molecule has 2 aromatic heterocycles. The van der Waals surface area contributed by atoms with Gasteiger partial charge in [0.05, 0.1) is 15.7 Å². The molecule has 112 valence electrons. The number of anilines is 2. The van der Waals surface area contributed by atoms with Crippen molar-refractivity contribution < 1.29 is 8.42 Å². The van der Waals surface area contributed by atoms with Crippen LogP contribution in [0.4, 0.5) is 11.5 Å². The van der Waals surface area contributed by atoms with E-state index in [2.05, 4.69) is 30.5 Å². The van der Waals surface area contributed by atoms with Crippen LogP contribution >= 0.6 is 27.3 Å². The van der Waals surface area contributed by atoms with Crippen LogP contribution in [0.2, 0.25) is 0 Å². The lowest BCUT2D eigenvalue weighted by atomic mass is 10.4. The number of sulfonamides is 1. The van der Waals surface area contributed by atoms with Crippen LogP contribution in [0.25, 0.3) is 0 Å². The fourth-order valence-corrected chi connectivity index (χ4v) is 5.28. The maximum absolute atomic E-state index is 12.2. The zero-order valence-corrected chi connectivity index (χ0v) is 14.3. The fourth-order valence-electron chi connectivity index (χ4n) is 2.23. The number of hydrogen-bond acceptors (Lipinski definition) is 5. The van der Waals surface area contributed by atoms with Crippen molar-refractivity contribution in [2.24, 2.45) is 0 Å². The fraction of sp³-hybridized carbons (Fsp3) is 0.308. The van der Waals surface area contributed by atoms with Crippen molar-refractivity contribution >= 4 is 48.8 Å². The molecule has 0 bridgehead atoms. The van der Waals surface area contributed by atoms with E-state index < -0.39 is 10.0 Å². The molecule has 21 heavy (non-hydrogen) atoms. The summed E-state index contributed by atoms with van der Waals surface area (Å²) >= 11 is 4.44. The maximum Gasteiger partial charge on any atom is 0.271 e. The van der Waals surface area contributed by atoms with E-state index in [0.717, 1.165) is 22.7 Å². The lowest BCUT2D eigenvalue weighted by Gasteiger charge is -2.16. The van der Waals surface area contributed by atoms with Crippen LogP contribution in [0.3, 0.4) is 0 Å². The third kappa shape index (κ3) is 3.38. The second-order valence-corrected chi connectivity index (χ2v) is 9.14. The Labute approximate surface area is 136 Å². The summed E-state index contributed by atoms with van der Waals surface area (Å²) in [5.41, 5.74) is 0.475. The number of rotatable bonds is 4. The molecule has 0 aliphatic carbocycles. The summed E-state index contributed by atoms with van der Waals surface area (Å²) in [5, 5.41) is 0. The van der Waals surface area contributed by atoms with Crippen molar-refractivity contribution in [1.29, 1.82) is 0 Å². The summed E-state index contributed by atoms with van der Waals surface area (Å²) in [6, 6.07) is 6.89. The Morgan fingerprint density at radius 3 is 2.52 bits per heavy atom. The van der Waals surface area contributed by atoms with E-state index in [9.17, 15) is 8.42 Å². The number of halogens is 1. The standard InChI is InChI=1S/C13H14BrN3O2S2/c14-11-4-6-13(20-11)21(18,19)16-10-3-5-12(15-9-10)17-7-1-2-8-17/h3-6,9,16H,1-2,7-8H2. The van der Waals surface area contributed by atoms with Gasteiger partial charge >= 0.3 is 0 Å². The Bertz CT molecular complexity index is 722. The van der Waals surface area contributed by atoms with Crippen LogP contribution < -0.4 is 9.62 Å². The number of thiophene rings is 1. The van der Waals surface area contributed by atoms with Crippen LogP contribution in [-0.2, 0) is 10.0 Å². The van der Waals surface area contributed by atoms with Gasteiger partial charge in [-0.2, -0.15) is 0 Å². The maximum atomic E-state index is 12.2. The summed E-state index contributed by atoms with van der Waals surface area (Å²) in [5.74, 6) is 0.898. The molecule has 1 saturated heterocycles. The van der Waals surface area contributed by atoms with E-state index in [4.69, 9.17) is 0 Å². The average Bonchev–Trinajstić information content (AvgIpc) is 3.10. The molecular formula is C13H14BrN3O2S2. The van der Waals surface area contributed by atoms with Gasteiger partial charge in [0.2, 0.25) is 0 Å². The van der Waals surface area contributed by atoms with Crippen LogP contribution in [0.1, 0.15) is 12.8 Å². The van der Waals surface area contributed by atoms with E-state index in [1.165, 1.54) is 24.2 Å². The summed E-state index contributed by atoms with van der Waals surface area (Å²) in [4.78, 5) is 6.54. The molecule has 1 aliphatic rings. The van der Waals surface area contributed by atoms with Gasteiger partial charge in [0, 0.05) is 13.1 Å². The van der Waals surface area contributed by atoms with Crippen LogP contribution in [-0.4, -0.2) is 26.5 Å². The molecule has 0 aromatic carbocycles. The zero-order valence-electron chi connectivity index (χ0n) is 11.1. The minimum absolute atomic E-state index is 0.276. The van der Waals surface area contributed by atoms with Crippen molar-refractivity contribution in [2.45, 2.75) is 17.1 Å². The van der Waals surface area contributed by atoms with Crippen LogP contribution in [0.5, 0.6) is 0 Å². The zero-order chi connectivity index (χ0) is 14.9. The SMILES string of the molecule is O=S(=O)(Nc1ccc(N2CCCC2)nc1)c1ccc(Br)s1. The van der Waals surface area contributed by atoms with Crippen molar-refractivity contribution in [1.82, 2.24) is 4.98 Å². The van der Waals surface area contributed by atoms with Gasteiger partial charge in [0.25, 0.3) is 10.0 Å². The molecule has 0 spiro atoms. The summed E-state index contributed by atoms with van der Waals surface area (Å²) in [7, 11) is -3.54. The highest BCUT2D eigenvalue weighted by atomic mass is 79.9. The normalized spacial score (nSPS) is 15.4. The highest BCUT2D eigenvalue weighted by Crippen LogP contribution is 2.28. The number of pyridine rings is 1. The Kier molecular flexibility index (Phi) is 4.19. The Morgan fingerprint density at radius 2 is 1.95 bits per heavy atom. The molecule has 2 aromatic rings. The lowest BCUT2D eigenvalue weighted by Crippen LogP contribution is -2.19. The average molecular weight is 388 g/mol. The van der Waals surface area contributed by atoms with Gasteiger partial charge < -0.3 is 4.90 Å². The first-order valence-electron chi connectivity index (χ1n) is 6.54. The van der Waals surface area contributed by atoms with Gasteiger partial charge in [-0.25, -0.2) is 13.4 Å². The molecule has 5 nitrogen and oxygen atoms in total. The number of nitrogens with one attached hydrogen (secondary N) is 1. The summed E-state index contributed by atoms with van der Waals surface area (Å²) < 4.78 is 28.0. The molecule has 1 fully saturated rings. The second kappa shape index (κ2) is 5.94. The minimum atomic E-state index is -3.54. The first kappa shape index (κ1) is 14.8.